The lowest BCUT2D eigenvalue weighted by Crippen LogP contribution is -2.43. The first-order chi connectivity index (χ1) is 9.65. The Morgan fingerprint density at radius 1 is 1.25 bits per heavy atom. The molecule has 2 fully saturated rings. The van der Waals surface area contributed by atoms with Crippen molar-refractivity contribution < 1.29 is 5.11 Å². The summed E-state index contributed by atoms with van der Waals surface area (Å²) in [5.74, 6) is 0.497. The van der Waals surface area contributed by atoms with Crippen LogP contribution in [0.1, 0.15) is 58.8 Å². The molecule has 0 radical (unpaired) electrons. The quantitative estimate of drug-likeness (QED) is 0.735. The van der Waals surface area contributed by atoms with Crippen LogP contribution in [0, 0.1) is 11.3 Å². The Morgan fingerprint density at radius 3 is 2.50 bits per heavy atom. The summed E-state index contributed by atoms with van der Waals surface area (Å²) in [5.41, 5.74) is 0.486. The summed E-state index contributed by atoms with van der Waals surface area (Å²) < 4.78 is 0. The van der Waals surface area contributed by atoms with E-state index in [-0.39, 0.29) is 6.10 Å². The number of rotatable bonds is 6. The van der Waals surface area contributed by atoms with Gasteiger partial charge in [0.2, 0.25) is 0 Å². The zero-order valence-corrected chi connectivity index (χ0v) is 13.5. The number of likely N-dealkylation sites (tertiary alicyclic amines) is 1. The van der Waals surface area contributed by atoms with E-state index in [0.29, 0.717) is 11.3 Å². The molecule has 118 valence electrons. The van der Waals surface area contributed by atoms with Gasteiger partial charge in [0.05, 0.1) is 6.10 Å². The van der Waals surface area contributed by atoms with Crippen molar-refractivity contribution in [2.75, 3.05) is 32.7 Å². The van der Waals surface area contributed by atoms with E-state index in [0.717, 1.165) is 13.1 Å². The lowest BCUT2D eigenvalue weighted by Gasteiger charge is -2.37. The largest absolute Gasteiger partial charge is 0.393 e. The molecule has 2 N–H and O–H groups in total. The van der Waals surface area contributed by atoms with Crippen LogP contribution >= 0.6 is 0 Å². The van der Waals surface area contributed by atoms with Gasteiger partial charge in [-0.1, -0.05) is 32.6 Å². The SMILES string of the molecule is CCNCC1(CN2CCC(C(C)O)C2)CCCCCC1. The second kappa shape index (κ2) is 7.77. The van der Waals surface area contributed by atoms with E-state index in [1.165, 1.54) is 64.6 Å². The number of nitrogens with zero attached hydrogens (tertiary/aromatic N) is 1. The van der Waals surface area contributed by atoms with Crippen LogP contribution in [-0.4, -0.2) is 48.8 Å². The maximum Gasteiger partial charge on any atom is 0.0552 e. The first kappa shape index (κ1) is 16.3. The monoisotopic (exact) mass is 282 g/mol. The van der Waals surface area contributed by atoms with Gasteiger partial charge >= 0.3 is 0 Å². The minimum absolute atomic E-state index is 0.140. The van der Waals surface area contributed by atoms with Crippen LogP contribution in [0.25, 0.3) is 0 Å². The standard InChI is InChI=1S/C17H34N2O/c1-3-18-13-17(9-6-4-5-7-10-17)14-19-11-8-16(12-19)15(2)20/h15-16,18,20H,3-14H2,1-2H3. The highest BCUT2D eigenvalue weighted by Crippen LogP contribution is 2.36. The number of hydrogen-bond donors (Lipinski definition) is 2. The van der Waals surface area contributed by atoms with Crippen LogP contribution in [0.3, 0.4) is 0 Å². The van der Waals surface area contributed by atoms with Gasteiger partial charge in [-0.2, -0.15) is 0 Å². The maximum absolute atomic E-state index is 9.79. The lowest BCUT2D eigenvalue weighted by molar-refractivity contribution is 0.110. The smallest absolute Gasteiger partial charge is 0.0552 e. The molecule has 1 saturated carbocycles. The van der Waals surface area contributed by atoms with E-state index in [2.05, 4.69) is 17.1 Å². The summed E-state index contributed by atoms with van der Waals surface area (Å²) in [5, 5.41) is 13.4. The first-order valence-corrected chi connectivity index (χ1v) is 8.76. The molecule has 0 aromatic heterocycles. The molecule has 3 nitrogen and oxygen atoms in total. The van der Waals surface area contributed by atoms with Gasteiger partial charge in [-0.25, -0.2) is 0 Å². The molecule has 1 heterocycles. The minimum Gasteiger partial charge on any atom is -0.393 e. The van der Waals surface area contributed by atoms with E-state index < -0.39 is 0 Å². The zero-order chi connectivity index (χ0) is 14.4. The highest BCUT2D eigenvalue weighted by molar-refractivity contribution is 4.90. The van der Waals surface area contributed by atoms with Gasteiger partial charge in [-0.3, -0.25) is 0 Å². The molecule has 0 amide bonds. The Kier molecular flexibility index (Phi) is 6.31. The number of hydrogen-bond acceptors (Lipinski definition) is 3. The third kappa shape index (κ3) is 4.44. The second-order valence-electron chi connectivity index (χ2n) is 7.22. The highest BCUT2D eigenvalue weighted by Gasteiger charge is 2.35. The highest BCUT2D eigenvalue weighted by atomic mass is 16.3. The van der Waals surface area contributed by atoms with Crippen LogP contribution in [-0.2, 0) is 0 Å². The van der Waals surface area contributed by atoms with Gasteiger partial charge in [0.15, 0.2) is 0 Å². The van der Waals surface area contributed by atoms with Crippen molar-refractivity contribution in [3.8, 4) is 0 Å². The molecule has 0 aromatic rings. The third-order valence-corrected chi connectivity index (χ3v) is 5.46. The normalized spacial score (nSPS) is 29.2. The van der Waals surface area contributed by atoms with E-state index in [4.69, 9.17) is 0 Å². The van der Waals surface area contributed by atoms with Crippen LogP contribution < -0.4 is 5.32 Å². The van der Waals surface area contributed by atoms with Gasteiger partial charge in [-0.15, -0.1) is 0 Å². The number of aliphatic hydroxyl groups excluding tert-OH is 1. The fourth-order valence-corrected chi connectivity index (χ4v) is 4.13. The Bertz CT molecular complexity index is 272. The zero-order valence-electron chi connectivity index (χ0n) is 13.5. The van der Waals surface area contributed by atoms with Crippen molar-refractivity contribution >= 4 is 0 Å². The molecule has 20 heavy (non-hydrogen) atoms. The molecule has 2 aliphatic rings. The molecule has 0 aromatic carbocycles. The van der Waals surface area contributed by atoms with Gasteiger partial charge in [0.25, 0.3) is 0 Å². The summed E-state index contributed by atoms with van der Waals surface area (Å²) in [6.45, 7) is 9.95. The summed E-state index contributed by atoms with van der Waals surface area (Å²) in [6, 6.07) is 0. The lowest BCUT2D eigenvalue weighted by atomic mass is 9.79. The number of nitrogens with one attached hydrogen (secondary N) is 1. The molecule has 0 spiro atoms. The van der Waals surface area contributed by atoms with E-state index in [1.807, 2.05) is 6.92 Å². The summed E-state index contributed by atoms with van der Waals surface area (Å²) in [6.07, 6.45) is 9.45. The topological polar surface area (TPSA) is 35.5 Å². The van der Waals surface area contributed by atoms with Crippen LogP contribution in [0.4, 0.5) is 0 Å². The van der Waals surface area contributed by atoms with Crippen molar-refractivity contribution in [3.05, 3.63) is 0 Å². The molecular weight excluding hydrogens is 248 g/mol. The molecule has 1 aliphatic carbocycles. The maximum atomic E-state index is 9.79. The van der Waals surface area contributed by atoms with Crippen molar-refractivity contribution in [1.29, 1.82) is 0 Å². The molecule has 3 heteroatoms. The summed E-state index contributed by atoms with van der Waals surface area (Å²) in [7, 11) is 0. The molecule has 2 rings (SSSR count). The molecule has 1 saturated heterocycles. The summed E-state index contributed by atoms with van der Waals surface area (Å²) >= 11 is 0. The molecule has 1 aliphatic heterocycles. The average Bonchev–Trinajstić information content (AvgIpc) is 2.77. The van der Waals surface area contributed by atoms with Crippen LogP contribution in [0.15, 0.2) is 0 Å². The molecule has 2 atom stereocenters. The van der Waals surface area contributed by atoms with E-state index >= 15 is 0 Å². The van der Waals surface area contributed by atoms with Gasteiger partial charge in [0.1, 0.15) is 0 Å². The summed E-state index contributed by atoms with van der Waals surface area (Å²) in [4.78, 5) is 2.63. The predicted octanol–water partition coefficient (Wildman–Crippen LogP) is 2.64. The van der Waals surface area contributed by atoms with Crippen molar-refractivity contribution in [2.24, 2.45) is 11.3 Å². The van der Waals surface area contributed by atoms with Crippen molar-refractivity contribution in [3.63, 3.8) is 0 Å². The Labute approximate surface area is 125 Å². The second-order valence-corrected chi connectivity index (χ2v) is 7.22. The van der Waals surface area contributed by atoms with E-state index in [9.17, 15) is 5.11 Å². The Hall–Kier alpha value is -0.120. The fraction of sp³-hybridized carbons (Fsp3) is 1.00. The van der Waals surface area contributed by atoms with Gasteiger partial charge in [0, 0.05) is 19.6 Å². The van der Waals surface area contributed by atoms with Crippen LogP contribution in [0.2, 0.25) is 0 Å². The number of aliphatic hydroxyl groups is 1. The van der Waals surface area contributed by atoms with Crippen molar-refractivity contribution in [2.45, 2.75) is 64.9 Å². The molecule has 2 unspecified atom stereocenters. The Morgan fingerprint density at radius 2 is 1.95 bits per heavy atom. The first-order valence-electron chi connectivity index (χ1n) is 8.76. The van der Waals surface area contributed by atoms with Crippen molar-refractivity contribution in [1.82, 2.24) is 10.2 Å². The van der Waals surface area contributed by atoms with E-state index in [1.54, 1.807) is 0 Å². The molecular formula is C17H34N2O. The third-order valence-electron chi connectivity index (χ3n) is 5.46. The predicted molar refractivity (Wildman–Crippen MR) is 84.9 cm³/mol. The molecule has 0 bridgehead atoms. The average molecular weight is 282 g/mol. The van der Waals surface area contributed by atoms with Crippen LogP contribution in [0.5, 0.6) is 0 Å². The minimum atomic E-state index is -0.140. The van der Waals surface area contributed by atoms with Gasteiger partial charge < -0.3 is 15.3 Å². The fourth-order valence-electron chi connectivity index (χ4n) is 4.13. The van der Waals surface area contributed by atoms with Gasteiger partial charge in [-0.05, 0) is 50.6 Å². The Balaban J connectivity index is 1.93.